The Morgan fingerprint density at radius 3 is 2.95 bits per heavy atom. The van der Waals surface area contributed by atoms with Crippen LogP contribution < -0.4 is 5.32 Å². The monoisotopic (exact) mass is 306 g/mol. The lowest BCUT2D eigenvalue weighted by atomic mass is 10.0. The molecule has 114 valence electrons. The lowest BCUT2D eigenvalue weighted by molar-refractivity contribution is -0.133. The second-order valence-electron chi connectivity index (χ2n) is 5.76. The third-order valence-corrected chi connectivity index (χ3v) is 5.29. The Morgan fingerprint density at radius 1 is 1.43 bits per heavy atom. The summed E-state index contributed by atoms with van der Waals surface area (Å²) >= 11 is 1.77. The van der Waals surface area contributed by atoms with Gasteiger partial charge >= 0.3 is 0 Å². The Hall–Kier alpha value is -1.04. The van der Waals surface area contributed by atoms with Crippen LogP contribution >= 0.6 is 11.8 Å². The zero-order valence-electron chi connectivity index (χ0n) is 12.1. The third-order valence-electron chi connectivity index (χ3n) is 4.35. The third kappa shape index (κ3) is 3.42. The van der Waals surface area contributed by atoms with Gasteiger partial charge in [-0.15, -0.1) is 11.8 Å². The van der Waals surface area contributed by atoms with E-state index in [-0.39, 0.29) is 18.0 Å². The minimum Gasteiger partial charge on any atom is -0.388 e. The van der Waals surface area contributed by atoms with Crippen LogP contribution in [0.4, 0.5) is 0 Å². The van der Waals surface area contributed by atoms with Crippen LogP contribution in [0.5, 0.6) is 0 Å². The zero-order chi connectivity index (χ0) is 14.7. The van der Waals surface area contributed by atoms with Crippen LogP contribution in [0.25, 0.3) is 0 Å². The van der Waals surface area contributed by atoms with Crippen molar-refractivity contribution in [2.24, 2.45) is 0 Å². The molecule has 2 unspecified atom stereocenters. The first kappa shape index (κ1) is 14.9. The first-order valence-corrected chi connectivity index (χ1v) is 8.76. The second kappa shape index (κ2) is 6.81. The van der Waals surface area contributed by atoms with Gasteiger partial charge in [-0.25, -0.2) is 0 Å². The maximum atomic E-state index is 12.5. The van der Waals surface area contributed by atoms with Gasteiger partial charge in [-0.2, -0.15) is 0 Å². The summed E-state index contributed by atoms with van der Waals surface area (Å²) in [4.78, 5) is 14.5. The molecule has 2 fully saturated rings. The molecule has 2 aliphatic rings. The Kier molecular flexibility index (Phi) is 4.83. The number of aliphatic hydroxyl groups is 1. The SMILES string of the molecule is O=C([C@H]1CSCN1)N1CCCC1CC(O)c1ccccc1. The highest BCUT2D eigenvalue weighted by Gasteiger charge is 2.35. The fourth-order valence-corrected chi connectivity index (χ4v) is 4.13. The number of amides is 1. The summed E-state index contributed by atoms with van der Waals surface area (Å²) in [5.41, 5.74) is 0.936. The number of aliphatic hydroxyl groups excluding tert-OH is 1. The Morgan fingerprint density at radius 2 is 2.24 bits per heavy atom. The molecular weight excluding hydrogens is 284 g/mol. The smallest absolute Gasteiger partial charge is 0.240 e. The number of thioether (sulfide) groups is 1. The van der Waals surface area contributed by atoms with E-state index in [9.17, 15) is 9.90 Å². The molecule has 5 heteroatoms. The lowest BCUT2D eigenvalue weighted by Crippen LogP contribution is -2.47. The van der Waals surface area contributed by atoms with E-state index in [0.717, 1.165) is 36.6 Å². The van der Waals surface area contributed by atoms with E-state index in [1.165, 1.54) is 0 Å². The van der Waals surface area contributed by atoms with E-state index >= 15 is 0 Å². The number of benzene rings is 1. The summed E-state index contributed by atoms with van der Waals surface area (Å²) in [6.45, 7) is 0.827. The summed E-state index contributed by atoms with van der Waals surface area (Å²) in [6, 6.07) is 9.85. The highest BCUT2D eigenvalue weighted by Crippen LogP contribution is 2.28. The lowest BCUT2D eigenvalue weighted by Gasteiger charge is -2.28. The molecule has 0 radical (unpaired) electrons. The van der Waals surface area contributed by atoms with E-state index in [1.54, 1.807) is 11.8 Å². The summed E-state index contributed by atoms with van der Waals surface area (Å²) in [6.07, 6.45) is 2.18. The minimum absolute atomic E-state index is 0.0375. The predicted octanol–water partition coefficient (Wildman–Crippen LogP) is 1.76. The Labute approximate surface area is 129 Å². The molecule has 0 aromatic heterocycles. The molecule has 4 nitrogen and oxygen atoms in total. The van der Waals surface area contributed by atoms with Crippen LogP contribution in [0.1, 0.15) is 30.9 Å². The highest BCUT2D eigenvalue weighted by molar-refractivity contribution is 7.99. The fourth-order valence-electron chi connectivity index (χ4n) is 3.19. The topological polar surface area (TPSA) is 52.6 Å². The first-order chi connectivity index (χ1) is 10.3. The van der Waals surface area contributed by atoms with Gasteiger partial charge in [0.1, 0.15) is 0 Å². The molecule has 2 N–H and O–H groups in total. The van der Waals surface area contributed by atoms with Gasteiger partial charge in [0.2, 0.25) is 5.91 Å². The van der Waals surface area contributed by atoms with Crippen molar-refractivity contribution >= 4 is 17.7 Å². The van der Waals surface area contributed by atoms with Crippen molar-refractivity contribution in [1.82, 2.24) is 10.2 Å². The van der Waals surface area contributed by atoms with Crippen LogP contribution in [0.3, 0.4) is 0 Å². The van der Waals surface area contributed by atoms with Gasteiger partial charge in [0, 0.05) is 24.2 Å². The summed E-state index contributed by atoms with van der Waals surface area (Å²) in [5.74, 6) is 1.94. The molecule has 0 bridgehead atoms. The van der Waals surface area contributed by atoms with Gasteiger partial charge in [0.05, 0.1) is 12.1 Å². The molecule has 0 spiro atoms. The molecule has 0 aliphatic carbocycles. The average molecular weight is 306 g/mol. The fraction of sp³-hybridized carbons (Fsp3) is 0.562. The number of hydrogen-bond donors (Lipinski definition) is 2. The van der Waals surface area contributed by atoms with Crippen molar-refractivity contribution in [2.75, 3.05) is 18.2 Å². The number of carbonyl (C=O) groups is 1. The molecule has 21 heavy (non-hydrogen) atoms. The van der Waals surface area contributed by atoms with Gasteiger partial charge in [0.15, 0.2) is 0 Å². The molecule has 2 saturated heterocycles. The van der Waals surface area contributed by atoms with Crippen LogP contribution in [-0.2, 0) is 4.79 Å². The molecule has 1 amide bonds. The van der Waals surface area contributed by atoms with Crippen molar-refractivity contribution in [2.45, 2.75) is 37.5 Å². The number of nitrogens with one attached hydrogen (secondary N) is 1. The number of likely N-dealkylation sites (tertiary alicyclic amines) is 1. The van der Waals surface area contributed by atoms with Crippen LogP contribution in [0.2, 0.25) is 0 Å². The van der Waals surface area contributed by atoms with Gasteiger partial charge in [-0.3, -0.25) is 10.1 Å². The second-order valence-corrected chi connectivity index (χ2v) is 6.79. The van der Waals surface area contributed by atoms with Crippen LogP contribution in [0, 0.1) is 0 Å². The Balaban J connectivity index is 1.62. The molecule has 2 heterocycles. The van der Waals surface area contributed by atoms with Gasteiger partial charge < -0.3 is 10.0 Å². The van der Waals surface area contributed by atoms with Crippen molar-refractivity contribution in [3.8, 4) is 0 Å². The predicted molar refractivity (Wildman–Crippen MR) is 85.0 cm³/mol. The van der Waals surface area contributed by atoms with Gasteiger partial charge in [0.25, 0.3) is 0 Å². The minimum atomic E-state index is -0.490. The molecule has 2 aliphatic heterocycles. The maximum absolute atomic E-state index is 12.5. The molecule has 3 rings (SSSR count). The number of hydrogen-bond acceptors (Lipinski definition) is 4. The standard InChI is InChI=1S/C16H22N2O2S/c19-15(12-5-2-1-3-6-12)9-13-7-4-8-18(13)16(20)14-10-21-11-17-14/h1-3,5-6,13-15,17,19H,4,7-11H2/t13?,14-,15?/m1/s1. The summed E-state index contributed by atoms with van der Waals surface area (Å²) in [5, 5.41) is 13.6. The van der Waals surface area contributed by atoms with Gasteiger partial charge in [-0.05, 0) is 24.8 Å². The van der Waals surface area contributed by atoms with Crippen LogP contribution in [-0.4, -0.2) is 46.2 Å². The maximum Gasteiger partial charge on any atom is 0.240 e. The average Bonchev–Trinajstić information content (AvgIpc) is 3.19. The van der Waals surface area contributed by atoms with Crippen molar-refractivity contribution in [1.29, 1.82) is 0 Å². The van der Waals surface area contributed by atoms with Crippen molar-refractivity contribution in [3.05, 3.63) is 35.9 Å². The summed E-state index contributed by atoms with van der Waals surface area (Å²) < 4.78 is 0. The summed E-state index contributed by atoms with van der Waals surface area (Å²) in [7, 11) is 0. The largest absolute Gasteiger partial charge is 0.388 e. The highest BCUT2D eigenvalue weighted by atomic mass is 32.2. The van der Waals surface area contributed by atoms with E-state index in [0.29, 0.717) is 6.42 Å². The van der Waals surface area contributed by atoms with Gasteiger partial charge in [-0.1, -0.05) is 30.3 Å². The molecule has 1 aromatic carbocycles. The van der Waals surface area contributed by atoms with Crippen molar-refractivity contribution < 1.29 is 9.90 Å². The van der Waals surface area contributed by atoms with E-state index in [2.05, 4.69) is 5.32 Å². The number of carbonyl (C=O) groups excluding carboxylic acids is 1. The number of nitrogens with zero attached hydrogens (tertiary/aromatic N) is 1. The molecule has 1 aromatic rings. The first-order valence-electron chi connectivity index (χ1n) is 7.60. The van der Waals surface area contributed by atoms with Crippen molar-refractivity contribution in [3.63, 3.8) is 0 Å². The van der Waals surface area contributed by atoms with E-state index in [1.807, 2.05) is 35.2 Å². The molecule has 0 saturated carbocycles. The number of rotatable bonds is 4. The quantitative estimate of drug-likeness (QED) is 0.890. The Bertz CT molecular complexity index is 476. The molecular formula is C16H22N2O2S. The van der Waals surface area contributed by atoms with E-state index < -0.39 is 6.10 Å². The van der Waals surface area contributed by atoms with E-state index in [4.69, 9.17) is 0 Å². The molecule has 3 atom stereocenters. The zero-order valence-corrected chi connectivity index (χ0v) is 12.9. The van der Waals surface area contributed by atoms with Crippen LogP contribution in [0.15, 0.2) is 30.3 Å². The normalized spacial score (nSPS) is 27.0.